The van der Waals surface area contributed by atoms with Crippen molar-refractivity contribution in [3.05, 3.63) is 22.3 Å². The summed E-state index contributed by atoms with van der Waals surface area (Å²) in [5.41, 5.74) is -1.88. The van der Waals surface area contributed by atoms with Gasteiger partial charge in [0.15, 0.2) is 17.4 Å². The van der Waals surface area contributed by atoms with Crippen molar-refractivity contribution in [3.63, 3.8) is 0 Å². The molecule has 31 heavy (non-hydrogen) atoms. The van der Waals surface area contributed by atoms with Crippen LogP contribution in [0.3, 0.4) is 0 Å². The van der Waals surface area contributed by atoms with Gasteiger partial charge in [0.2, 0.25) is 0 Å². The fourth-order valence-corrected chi connectivity index (χ4v) is 5.26. The molecule has 2 aliphatic heterocycles. The van der Waals surface area contributed by atoms with Gasteiger partial charge in [0, 0.05) is 5.03 Å². The molecule has 0 N–H and O–H groups in total. The summed E-state index contributed by atoms with van der Waals surface area (Å²) in [6.45, 7) is 0. The maximum absolute atomic E-state index is 12.7. The van der Waals surface area contributed by atoms with Gasteiger partial charge < -0.3 is 28.5 Å². The summed E-state index contributed by atoms with van der Waals surface area (Å²) in [6.07, 6.45) is -0.877. The van der Waals surface area contributed by atoms with Crippen molar-refractivity contribution in [1.29, 1.82) is 0 Å². The summed E-state index contributed by atoms with van der Waals surface area (Å²) >= 11 is 6.45. The lowest BCUT2D eigenvalue weighted by Gasteiger charge is -2.48. The molecule has 166 valence electrons. The summed E-state index contributed by atoms with van der Waals surface area (Å²) in [5.74, 6) is -6.43. The molecular formula is C19H18ClNO10. The largest absolute Gasteiger partial charge is 0.467 e. The molecule has 11 nitrogen and oxygen atoms in total. The summed E-state index contributed by atoms with van der Waals surface area (Å²) in [4.78, 5) is 56.1. The van der Waals surface area contributed by atoms with Gasteiger partial charge in [-0.3, -0.25) is 0 Å². The number of halogens is 1. The second kappa shape index (κ2) is 7.34. The summed E-state index contributed by atoms with van der Waals surface area (Å²) < 4.78 is 25.4. The molecule has 5 rings (SSSR count). The van der Waals surface area contributed by atoms with Crippen LogP contribution in [0, 0.1) is 17.8 Å². The maximum atomic E-state index is 12.7. The third-order valence-corrected chi connectivity index (χ3v) is 6.45. The van der Waals surface area contributed by atoms with E-state index in [9.17, 15) is 19.2 Å². The van der Waals surface area contributed by atoms with E-state index in [2.05, 4.69) is 5.16 Å². The molecule has 2 heterocycles. The first-order valence-corrected chi connectivity index (χ1v) is 9.51. The van der Waals surface area contributed by atoms with Crippen molar-refractivity contribution >= 4 is 41.2 Å². The average Bonchev–Trinajstić information content (AvgIpc) is 3.33. The smallest absolute Gasteiger partial charge is 0.356 e. The maximum Gasteiger partial charge on any atom is 0.356 e. The Morgan fingerprint density at radius 1 is 0.968 bits per heavy atom. The second-order valence-electron chi connectivity index (χ2n) is 7.21. The topological polar surface area (TPSA) is 136 Å². The first-order chi connectivity index (χ1) is 14.8. The molecule has 6 atom stereocenters. The van der Waals surface area contributed by atoms with E-state index >= 15 is 0 Å². The van der Waals surface area contributed by atoms with Gasteiger partial charge in [-0.15, -0.1) is 0 Å². The molecular weight excluding hydrogens is 438 g/mol. The van der Waals surface area contributed by atoms with Crippen LogP contribution in [0.1, 0.15) is 0 Å². The van der Waals surface area contributed by atoms with Crippen LogP contribution in [-0.2, 0) is 47.7 Å². The summed E-state index contributed by atoms with van der Waals surface area (Å²) in [5, 5.41) is 4.07. The van der Waals surface area contributed by atoms with Crippen LogP contribution in [-0.4, -0.2) is 75.8 Å². The van der Waals surface area contributed by atoms with Crippen LogP contribution in [0.2, 0.25) is 0 Å². The van der Waals surface area contributed by atoms with Crippen LogP contribution >= 0.6 is 11.6 Å². The van der Waals surface area contributed by atoms with Crippen molar-refractivity contribution in [2.24, 2.45) is 22.9 Å². The summed E-state index contributed by atoms with van der Waals surface area (Å²) in [7, 11) is 4.61. The highest BCUT2D eigenvalue weighted by molar-refractivity contribution is 6.38. The molecule has 0 saturated carbocycles. The highest BCUT2D eigenvalue weighted by Gasteiger charge is 2.77. The van der Waals surface area contributed by atoms with Crippen LogP contribution in [0.5, 0.6) is 0 Å². The minimum absolute atomic E-state index is 0.0677. The number of carbonyl (C=O) groups is 4. The van der Waals surface area contributed by atoms with E-state index in [0.29, 0.717) is 0 Å². The van der Waals surface area contributed by atoms with Crippen LogP contribution < -0.4 is 0 Å². The fraction of sp³-hybridized carbons (Fsp3) is 0.526. The van der Waals surface area contributed by atoms with Crippen LogP contribution in [0.4, 0.5) is 0 Å². The molecule has 1 fully saturated rings. The number of nitrogens with zero attached hydrogens (tertiary/aromatic N) is 1. The quantitative estimate of drug-likeness (QED) is 0.416. The molecule has 0 aromatic carbocycles. The molecule has 1 saturated heterocycles. The van der Waals surface area contributed by atoms with Gasteiger partial charge in [0.25, 0.3) is 0 Å². The van der Waals surface area contributed by atoms with E-state index in [0.717, 1.165) is 28.4 Å². The lowest BCUT2D eigenvalue weighted by molar-refractivity contribution is -0.161. The monoisotopic (exact) mass is 455 g/mol. The zero-order valence-electron chi connectivity index (χ0n) is 16.9. The number of hydrogen-bond donors (Lipinski definition) is 0. The van der Waals surface area contributed by atoms with Crippen molar-refractivity contribution in [2.75, 3.05) is 28.4 Å². The van der Waals surface area contributed by atoms with E-state index in [1.807, 2.05) is 0 Å². The number of rotatable bonds is 4. The zero-order valence-corrected chi connectivity index (χ0v) is 17.6. The third kappa shape index (κ3) is 2.59. The lowest BCUT2D eigenvalue weighted by atomic mass is 9.57. The van der Waals surface area contributed by atoms with E-state index in [1.54, 1.807) is 0 Å². The Hall–Kier alpha value is -2.92. The van der Waals surface area contributed by atoms with Crippen molar-refractivity contribution in [3.8, 4) is 0 Å². The highest BCUT2D eigenvalue weighted by atomic mass is 35.5. The average molecular weight is 456 g/mol. The number of oxime groups is 1. The molecule has 0 unspecified atom stereocenters. The minimum Gasteiger partial charge on any atom is -0.467 e. The van der Waals surface area contributed by atoms with E-state index in [4.69, 9.17) is 40.1 Å². The van der Waals surface area contributed by atoms with Crippen LogP contribution in [0.25, 0.3) is 0 Å². The minimum atomic E-state index is -1.54. The van der Waals surface area contributed by atoms with Gasteiger partial charge in [0.1, 0.15) is 6.10 Å². The molecule has 0 aromatic heterocycles. The van der Waals surface area contributed by atoms with Crippen LogP contribution in [0.15, 0.2) is 27.4 Å². The molecule has 0 radical (unpaired) electrons. The molecule has 1 spiro atoms. The molecule has 0 aromatic rings. The Bertz CT molecular complexity index is 984. The lowest BCUT2D eigenvalue weighted by Crippen LogP contribution is -2.61. The standard InChI is InChI=1S/C19H18ClNO10/c1-26-15(22)8-6-5-7(20)9(10(8)16(23)27-2)14-19(6)11(13(30-14)18(25)29-4)12(21-31-19)17(24)28-3/h5-6,9,11,13-14H,1-4H3/t6-,9+,11-,13-,14+,19-/m0/s1. The Morgan fingerprint density at radius 3 is 2.16 bits per heavy atom. The number of methoxy groups -OCH3 is 4. The number of esters is 4. The summed E-state index contributed by atoms with van der Waals surface area (Å²) in [6, 6.07) is 0. The molecule has 3 aliphatic carbocycles. The SMILES string of the molecule is COC(=O)C1=NO[C@]23[C@H](O[C@H](C(=O)OC)[C@H]12)[C@@H]1C(Cl)=C[C@H]3C(C(=O)OC)=C1C(=O)OC. The Kier molecular flexibility index (Phi) is 5.05. The molecule has 12 heteroatoms. The second-order valence-corrected chi connectivity index (χ2v) is 7.64. The number of ether oxygens (including phenoxy) is 5. The fourth-order valence-electron chi connectivity index (χ4n) is 4.91. The highest BCUT2D eigenvalue weighted by Crippen LogP contribution is 2.62. The number of carbonyl (C=O) groups excluding carboxylic acids is 4. The van der Waals surface area contributed by atoms with Gasteiger partial charge >= 0.3 is 23.9 Å². The van der Waals surface area contributed by atoms with E-state index in [1.165, 1.54) is 6.08 Å². The van der Waals surface area contributed by atoms with Crippen molar-refractivity contribution < 1.29 is 47.7 Å². The van der Waals surface area contributed by atoms with Gasteiger partial charge in [-0.05, 0) is 0 Å². The van der Waals surface area contributed by atoms with E-state index in [-0.39, 0.29) is 21.9 Å². The van der Waals surface area contributed by atoms with Gasteiger partial charge in [-0.1, -0.05) is 22.8 Å². The van der Waals surface area contributed by atoms with Gasteiger partial charge in [0.05, 0.1) is 57.3 Å². The first kappa shape index (κ1) is 21.3. The molecule has 5 aliphatic rings. The first-order valence-electron chi connectivity index (χ1n) is 9.13. The zero-order chi connectivity index (χ0) is 22.7. The molecule has 2 bridgehead atoms. The number of hydrogen-bond acceptors (Lipinski definition) is 11. The third-order valence-electron chi connectivity index (χ3n) is 6.09. The Morgan fingerprint density at radius 2 is 1.58 bits per heavy atom. The predicted octanol–water partition coefficient (Wildman–Crippen LogP) is -0.134. The van der Waals surface area contributed by atoms with Crippen molar-refractivity contribution in [2.45, 2.75) is 17.8 Å². The normalized spacial score (nSPS) is 34.7. The Balaban J connectivity index is 1.95. The van der Waals surface area contributed by atoms with Crippen molar-refractivity contribution in [1.82, 2.24) is 0 Å². The van der Waals surface area contributed by atoms with E-state index < -0.39 is 59.4 Å². The Labute approximate surface area is 180 Å². The van der Waals surface area contributed by atoms with Gasteiger partial charge in [-0.25, -0.2) is 19.2 Å². The van der Waals surface area contributed by atoms with Gasteiger partial charge in [-0.2, -0.15) is 0 Å². The molecule has 0 amide bonds. The predicted molar refractivity (Wildman–Crippen MR) is 99.4 cm³/mol.